The van der Waals surface area contributed by atoms with Crippen LogP contribution in [-0.2, 0) is 0 Å². The van der Waals surface area contributed by atoms with Crippen molar-refractivity contribution in [3.05, 3.63) is 0 Å². The highest BCUT2D eigenvalue weighted by molar-refractivity contribution is 4.89. The topological polar surface area (TPSA) is 15.3 Å². The molecule has 1 unspecified atom stereocenters. The normalized spacial score (nSPS) is 23.1. The molecule has 0 radical (unpaired) electrons. The van der Waals surface area contributed by atoms with Crippen molar-refractivity contribution in [2.24, 2.45) is 5.92 Å². The lowest BCUT2D eigenvalue weighted by Gasteiger charge is -2.30. The second kappa shape index (κ2) is 5.50. The predicted molar refractivity (Wildman–Crippen MR) is 69.7 cm³/mol. The zero-order valence-electron chi connectivity index (χ0n) is 11.2. The summed E-state index contributed by atoms with van der Waals surface area (Å²) in [5.41, 5.74) is 0. The molecule has 0 heterocycles. The zero-order chi connectivity index (χ0) is 11.5. The molecule has 0 aromatic rings. The molecular formula is C14H28N2. The Hall–Kier alpha value is -0.0800. The van der Waals surface area contributed by atoms with Crippen molar-refractivity contribution in [1.82, 2.24) is 10.2 Å². The summed E-state index contributed by atoms with van der Waals surface area (Å²) in [5, 5.41) is 3.67. The fourth-order valence-corrected chi connectivity index (χ4v) is 2.32. The molecular weight excluding hydrogens is 196 g/mol. The summed E-state index contributed by atoms with van der Waals surface area (Å²) in [7, 11) is 0. The molecule has 1 atom stereocenters. The van der Waals surface area contributed by atoms with E-state index in [-0.39, 0.29) is 0 Å². The molecule has 2 aliphatic carbocycles. The van der Waals surface area contributed by atoms with Crippen LogP contribution in [0, 0.1) is 5.92 Å². The Kier molecular flexibility index (Phi) is 4.26. The third kappa shape index (κ3) is 4.06. The molecule has 16 heavy (non-hydrogen) atoms. The minimum atomic E-state index is 0.729. The Morgan fingerprint density at radius 3 is 2.31 bits per heavy atom. The van der Waals surface area contributed by atoms with Gasteiger partial charge in [0.05, 0.1) is 0 Å². The first-order valence-corrected chi connectivity index (χ1v) is 7.16. The van der Waals surface area contributed by atoms with Crippen molar-refractivity contribution in [1.29, 1.82) is 0 Å². The average Bonchev–Trinajstić information content (AvgIpc) is 3.08. The summed E-state index contributed by atoms with van der Waals surface area (Å²) in [4.78, 5) is 2.75. The van der Waals surface area contributed by atoms with Crippen LogP contribution in [0.1, 0.15) is 52.9 Å². The minimum absolute atomic E-state index is 0.729. The van der Waals surface area contributed by atoms with Gasteiger partial charge in [-0.2, -0.15) is 0 Å². The number of nitrogens with one attached hydrogen (secondary N) is 1. The summed E-state index contributed by atoms with van der Waals surface area (Å²) in [5.74, 6) is 0.838. The van der Waals surface area contributed by atoms with Gasteiger partial charge in [-0.05, 0) is 51.5 Å². The van der Waals surface area contributed by atoms with E-state index in [1.165, 1.54) is 45.2 Å². The van der Waals surface area contributed by atoms with Crippen LogP contribution in [0.3, 0.4) is 0 Å². The summed E-state index contributed by atoms with van der Waals surface area (Å²) >= 11 is 0. The summed E-state index contributed by atoms with van der Waals surface area (Å²) in [6.07, 6.45) is 7.03. The zero-order valence-corrected chi connectivity index (χ0v) is 11.2. The molecule has 0 aliphatic heterocycles. The number of rotatable bonds is 8. The summed E-state index contributed by atoms with van der Waals surface area (Å²) in [6.45, 7) is 9.56. The van der Waals surface area contributed by atoms with Crippen LogP contribution in [0.4, 0.5) is 0 Å². The smallest absolute Gasteiger partial charge is 0.0195 e. The van der Waals surface area contributed by atoms with Crippen LogP contribution < -0.4 is 5.32 Å². The molecule has 2 aliphatic rings. The van der Waals surface area contributed by atoms with Crippen molar-refractivity contribution in [2.75, 3.05) is 13.1 Å². The molecule has 0 amide bonds. The highest BCUT2D eigenvalue weighted by Crippen LogP contribution is 2.29. The monoisotopic (exact) mass is 224 g/mol. The van der Waals surface area contributed by atoms with Gasteiger partial charge in [-0.3, -0.25) is 4.90 Å². The fraction of sp³-hybridized carbons (Fsp3) is 1.00. The second-order valence-electron chi connectivity index (χ2n) is 6.18. The van der Waals surface area contributed by atoms with Gasteiger partial charge in [0.2, 0.25) is 0 Å². The highest BCUT2D eigenvalue weighted by atomic mass is 15.2. The van der Waals surface area contributed by atoms with E-state index in [9.17, 15) is 0 Å². The van der Waals surface area contributed by atoms with Gasteiger partial charge < -0.3 is 5.32 Å². The Morgan fingerprint density at radius 1 is 1.12 bits per heavy atom. The molecule has 2 saturated carbocycles. The first-order valence-electron chi connectivity index (χ1n) is 7.16. The average molecular weight is 224 g/mol. The maximum Gasteiger partial charge on any atom is 0.0195 e. The van der Waals surface area contributed by atoms with Crippen molar-refractivity contribution in [3.8, 4) is 0 Å². The second-order valence-corrected chi connectivity index (χ2v) is 6.18. The maximum absolute atomic E-state index is 3.67. The molecule has 2 nitrogen and oxygen atoms in total. The van der Waals surface area contributed by atoms with Crippen molar-refractivity contribution in [2.45, 2.75) is 71.0 Å². The molecule has 0 spiro atoms. The van der Waals surface area contributed by atoms with E-state index in [1.54, 1.807) is 0 Å². The van der Waals surface area contributed by atoms with Gasteiger partial charge in [0.1, 0.15) is 0 Å². The Labute approximate surface area is 101 Å². The van der Waals surface area contributed by atoms with Crippen LogP contribution >= 0.6 is 0 Å². The van der Waals surface area contributed by atoms with Gasteiger partial charge in [0.25, 0.3) is 0 Å². The van der Waals surface area contributed by atoms with E-state index in [0.717, 1.165) is 24.0 Å². The molecule has 94 valence electrons. The van der Waals surface area contributed by atoms with E-state index in [1.807, 2.05) is 0 Å². The third-order valence-corrected chi connectivity index (χ3v) is 3.83. The van der Waals surface area contributed by atoms with Crippen LogP contribution in [-0.4, -0.2) is 36.1 Å². The molecule has 1 N–H and O–H groups in total. The molecule has 2 fully saturated rings. The summed E-state index contributed by atoms with van der Waals surface area (Å²) in [6, 6.07) is 2.50. The van der Waals surface area contributed by atoms with Gasteiger partial charge in [-0.15, -0.1) is 0 Å². The molecule has 2 heteroatoms. The van der Waals surface area contributed by atoms with E-state index in [4.69, 9.17) is 0 Å². The lowest BCUT2D eigenvalue weighted by atomic mass is 10.1. The fourth-order valence-electron chi connectivity index (χ4n) is 2.32. The van der Waals surface area contributed by atoms with Gasteiger partial charge in [-0.1, -0.05) is 13.8 Å². The van der Waals surface area contributed by atoms with Crippen LogP contribution in [0.2, 0.25) is 0 Å². The van der Waals surface area contributed by atoms with Crippen molar-refractivity contribution in [3.63, 3.8) is 0 Å². The first-order chi connectivity index (χ1) is 7.66. The highest BCUT2D eigenvalue weighted by Gasteiger charge is 2.32. The maximum atomic E-state index is 3.67. The lowest BCUT2D eigenvalue weighted by molar-refractivity contribution is 0.183. The molecule has 2 rings (SSSR count). The SMILES string of the molecule is CC(C)CCN(C(C)CNC1CC1)C1CC1. The van der Waals surface area contributed by atoms with E-state index >= 15 is 0 Å². The standard InChI is InChI=1S/C14H28N2/c1-11(2)8-9-16(14-6-7-14)12(3)10-15-13-4-5-13/h11-15H,4-10H2,1-3H3. The Morgan fingerprint density at radius 2 is 1.81 bits per heavy atom. The van der Waals surface area contributed by atoms with Crippen molar-refractivity contribution >= 4 is 0 Å². The number of hydrogen-bond donors (Lipinski definition) is 1. The molecule has 0 bridgehead atoms. The lowest BCUT2D eigenvalue weighted by Crippen LogP contribution is -2.43. The summed E-state index contributed by atoms with van der Waals surface area (Å²) < 4.78 is 0. The molecule has 0 saturated heterocycles. The third-order valence-electron chi connectivity index (χ3n) is 3.83. The van der Waals surface area contributed by atoms with Gasteiger partial charge >= 0.3 is 0 Å². The van der Waals surface area contributed by atoms with Gasteiger partial charge in [0, 0.05) is 24.7 Å². The van der Waals surface area contributed by atoms with E-state index < -0.39 is 0 Å². The first kappa shape index (κ1) is 12.4. The van der Waals surface area contributed by atoms with E-state index in [2.05, 4.69) is 31.0 Å². The van der Waals surface area contributed by atoms with Crippen LogP contribution in [0.25, 0.3) is 0 Å². The minimum Gasteiger partial charge on any atom is -0.312 e. The van der Waals surface area contributed by atoms with E-state index in [0.29, 0.717) is 0 Å². The molecule has 0 aromatic heterocycles. The number of hydrogen-bond acceptors (Lipinski definition) is 2. The largest absolute Gasteiger partial charge is 0.312 e. The quantitative estimate of drug-likeness (QED) is 0.682. The Balaban J connectivity index is 1.70. The van der Waals surface area contributed by atoms with Crippen molar-refractivity contribution < 1.29 is 0 Å². The number of nitrogens with zero attached hydrogens (tertiary/aromatic N) is 1. The van der Waals surface area contributed by atoms with Gasteiger partial charge in [0.15, 0.2) is 0 Å². The molecule has 0 aromatic carbocycles. The van der Waals surface area contributed by atoms with Crippen LogP contribution in [0.5, 0.6) is 0 Å². The Bertz CT molecular complexity index is 207. The van der Waals surface area contributed by atoms with Gasteiger partial charge in [-0.25, -0.2) is 0 Å². The van der Waals surface area contributed by atoms with Crippen LogP contribution in [0.15, 0.2) is 0 Å². The predicted octanol–water partition coefficient (Wildman–Crippen LogP) is 2.64.